The molecule has 42 heavy (non-hydrogen) atoms. The molecule has 0 bridgehead atoms. The first-order valence-electron chi connectivity index (χ1n) is 14.9. The minimum atomic E-state index is -0.366. The molecule has 2 aromatic carbocycles. The first-order valence-corrected chi connectivity index (χ1v) is 14.9. The molecular weight excluding hydrogens is 530 g/mol. The number of anilines is 2. The van der Waals surface area contributed by atoms with E-state index in [9.17, 15) is 9.90 Å². The number of ether oxygens (including phenoxy) is 2. The molecule has 0 amide bonds. The molecule has 0 spiro atoms. The summed E-state index contributed by atoms with van der Waals surface area (Å²) in [6.45, 7) is 6.27. The van der Waals surface area contributed by atoms with Crippen molar-refractivity contribution in [3.8, 4) is 5.75 Å². The van der Waals surface area contributed by atoms with Gasteiger partial charge in [0, 0.05) is 17.7 Å². The maximum absolute atomic E-state index is 13.1. The summed E-state index contributed by atoms with van der Waals surface area (Å²) >= 11 is 0. The Kier molecular flexibility index (Phi) is 11.1. The molecule has 1 unspecified atom stereocenters. The number of piperidine rings is 1. The lowest BCUT2D eigenvalue weighted by molar-refractivity contribution is -0.144. The fourth-order valence-corrected chi connectivity index (χ4v) is 5.76. The smallest absolute Gasteiger partial charge is 0.313 e. The Bertz CT molecular complexity index is 1310. The number of nitrogens with two attached hydrogens (primary N) is 1. The van der Waals surface area contributed by atoms with Crippen LogP contribution in [0.15, 0.2) is 48.5 Å². The van der Waals surface area contributed by atoms with Gasteiger partial charge in [0.1, 0.15) is 18.2 Å². The zero-order chi connectivity index (χ0) is 30.1. The van der Waals surface area contributed by atoms with Crippen molar-refractivity contribution < 1.29 is 19.4 Å². The van der Waals surface area contributed by atoms with Gasteiger partial charge in [0.15, 0.2) is 0 Å². The Morgan fingerprint density at radius 1 is 1.17 bits per heavy atom. The number of aromatic nitrogens is 2. The van der Waals surface area contributed by atoms with E-state index in [-0.39, 0.29) is 36.4 Å². The van der Waals surface area contributed by atoms with E-state index < -0.39 is 0 Å². The highest BCUT2D eigenvalue weighted by atomic mass is 16.5. The van der Waals surface area contributed by atoms with Crippen molar-refractivity contribution in [3.63, 3.8) is 0 Å². The van der Waals surface area contributed by atoms with E-state index in [1.54, 1.807) is 0 Å². The van der Waals surface area contributed by atoms with Gasteiger partial charge in [0.05, 0.1) is 25.7 Å². The summed E-state index contributed by atoms with van der Waals surface area (Å²) in [6.07, 6.45) is 4.06. The van der Waals surface area contributed by atoms with Crippen molar-refractivity contribution in [1.29, 1.82) is 0 Å². The molecule has 1 aliphatic rings. The number of nitrogens with one attached hydrogen (secondary N) is 1. The summed E-state index contributed by atoms with van der Waals surface area (Å²) < 4.78 is 11.8. The lowest BCUT2D eigenvalue weighted by atomic mass is 9.79. The highest BCUT2D eigenvalue weighted by Crippen LogP contribution is 2.37. The Balaban J connectivity index is 1.72. The SMILES string of the molecule is CCC[C@@H](CO)Nc1nc(N)nc(C)c1Cc1ccc(C(C(=O)OC)C2CCN(C)CC2)cc1OCc1ccccc1. The third kappa shape index (κ3) is 7.98. The molecular formula is C33H45N5O4. The molecule has 1 fully saturated rings. The molecule has 1 aromatic heterocycles. The van der Waals surface area contributed by atoms with Crippen LogP contribution >= 0.6 is 0 Å². The Hall–Kier alpha value is -3.69. The number of nitrogen functional groups attached to an aromatic ring is 1. The van der Waals surface area contributed by atoms with Gasteiger partial charge in [-0.15, -0.1) is 0 Å². The van der Waals surface area contributed by atoms with Gasteiger partial charge in [-0.25, -0.2) is 4.98 Å². The number of aliphatic hydroxyl groups is 1. The molecule has 3 aromatic rings. The summed E-state index contributed by atoms with van der Waals surface area (Å²) in [5, 5.41) is 13.3. The van der Waals surface area contributed by atoms with Crippen LogP contribution in [0.4, 0.5) is 11.8 Å². The number of esters is 1. The number of aryl methyl sites for hydroxylation is 1. The predicted octanol–water partition coefficient (Wildman–Crippen LogP) is 4.71. The van der Waals surface area contributed by atoms with Crippen molar-refractivity contribution in [1.82, 2.24) is 14.9 Å². The van der Waals surface area contributed by atoms with Gasteiger partial charge in [-0.3, -0.25) is 4.79 Å². The minimum Gasteiger partial charge on any atom is -0.489 e. The van der Waals surface area contributed by atoms with Gasteiger partial charge in [0.2, 0.25) is 5.95 Å². The Labute approximate surface area is 249 Å². The maximum Gasteiger partial charge on any atom is 0.313 e. The highest BCUT2D eigenvalue weighted by Gasteiger charge is 2.33. The Morgan fingerprint density at radius 2 is 1.90 bits per heavy atom. The van der Waals surface area contributed by atoms with Gasteiger partial charge in [0.25, 0.3) is 0 Å². The van der Waals surface area contributed by atoms with Gasteiger partial charge >= 0.3 is 5.97 Å². The molecule has 0 saturated carbocycles. The maximum atomic E-state index is 13.1. The minimum absolute atomic E-state index is 0.0117. The number of hydrogen-bond acceptors (Lipinski definition) is 9. The zero-order valence-corrected chi connectivity index (χ0v) is 25.3. The lowest BCUT2D eigenvalue weighted by Crippen LogP contribution is -2.35. The molecule has 9 heteroatoms. The standard InChI is InChI=1S/C33H45N5O4/c1-5-9-27(20-39)36-31-28(22(2)35-33(34)37-31)18-25-12-13-26(19-29(25)42-21-23-10-7-6-8-11-23)30(32(40)41-4)24-14-16-38(3)17-15-24/h6-8,10-13,19,24,27,30,39H,5,9,14-18,20-21H2,1-4H3,(H3,34,35,36,37)/t27-,30?/m0/s1. The number of carbonyl (C=O) groups is 1. The summed E-state index contributed by atoms with van der Waals surface area (Å²) in [5.74, 6) is 1.11. The van der Waals surface area contributed by atoms with Crippen molar-refractivity contribution in [2.45, 2.75) is 64.5 Å². The highest BCUT2D eigenvalue weighted by molar-refractivity contribution is 5.79. The third-order valence-electron chi connectivity index (χ3n) is 8.17. The van der Waals surface area contributed by atoms with Crippen LogP contribution in [-0.4, -0.2) is 65.8 Å². The Morgan fingerprint density at radius 3 is 2.57 bits per heavy atom. The van der Waals surface area contributed by atoms with Crippen LogP contribution in [0, 0.1) is 12.8 Å². The number of aliphatic hydroxyl groups excluding tert-OH is 1. The van der Waals surface area contributed by atoms with Crippen molar-refractivity contribution in [2.24, 2.45) is 5.92 Å². The second kappa shape index (κ2) is 15.0. The van der Waals surface area contributed by atoms with Gasteiger partial charge < -0.3 is 30.5 Å². The third-order valence-corrected chi connectivity index (χ3v) is 8.17. The number of nitrogens with zero attached hydrogens (tertiary/aromatic N) is 3. The summed E-state index contributed by atoms with van der Waals surface area (Å²) in [4.78, 5) is 24.4. The molecule has 0 aliphatic carbocycles. The van der Waals surface area contributed by atoms with Crippen molar-refractivity contribution in [3.05, 3.63) is 76.5 Å². The quantitative estimate of drug-likeness (QED) is 0.249. The number of rotatable bonds is 13. The molecule has 9 nitrogen and oxygen atoms in total. The monoisotopic (exact) mass is 575 g/mol. The summed E-state index contributed by atoms with van der Waals surface area (Å²) in [6, 6.07) is 15.9. The normalized spacial score (nSPS) is 15.6. The van der Waals surface area contributed by atoms with Crippen LogP contribution < -0.4 is 15.8 Å². The molecule has 2 atom stereocenters. The number of hydrogen-bond donors (Lipinski definition) is 3. The fourth-order valence-electron chi connectivity index (χ4n) is 5.76. The van der Waals surface area contributed by atoms with Crippen LogP contribution in [0.3, 0.4) is 0 Å². The molecule has 1 aliphatic heterocycles. The molecule has 226 valence electrons. The summed E-state index contributed by atoms with van der Waals surface area (Å²) in [7, 11) is 3.58. The van der Waals surface area contributed by atoms with Crippen molar-refractivity contribution in [2.75, 3.05) is 44.9 Å². The number of methoxy groups -OCH3 is 1. The van der Waals surface area contributed by atoms with Gasteiger partial charge in [-0.1, -0.05) is 55.8 Å². The zero-order valence-electron chi connectivity index (χ0n) is 25.3. The largest absolute Gasteiger partial charge is 0.489 e. The molecule has 4 N–H and O–H groups in total. The summed E-state index contributed by atoms with van der Waals surface area (Å²) in [5.41, 5.74) is 10.6. The van der Waals surface area contributed by atoms with E-state index in [1.807, 2.05) is 55.5 Å². The topological polar surface area (TPSA) is 123 Å². The van der Waals surface area contributed by atoms with Crippen molar-refractivity contribution >= 4 is 17.7 Å². The first kappa shape index (κ1) is 31.3. The number of benzene rings is 2. The fraction of sp³-hybridized carbons (Fsp3) is 0.485. The van der Waals surface area contributed by atoms with Gasteiger partial charge in [-0.2, -0.15) is 4.98 Å². The average molecular weight is 576 g/mol. The molecule has 4 rings (SSSR count). The van der Waals surface area contributed by atoms with Gasteiger partial charge in [-0.05, 0) is 75.0 Å². The van der Waals surface area contributed by atoms with Crippen LogP contribution in [0.25, 0.3) is 0 Å². The lowest BCUT2D eigenvalue weighted by Gasteiger charge is -2.33. The van der Waals surface area contributed by atoms with Crippen LogP contribution in [0.5, 0.6) is 5.75 Å². The first-order chi connectivity index (χ1) is 20.3. The molecule has 0 radical (unpaired) electrons. The van der Waals surface area contributed by atoms with Crippen LogP contribution in [0.2, 0.25) is 0 Å². The van der Waals surface area contributed by atoms with Crippen LogP contribution in [0.1, 0.15) is 66.5 Å². The van der Waals surface area contributed by atoms with E-state index in [0.29, 0.717) is 24.6 Å². The number of likely N-dealkylation sites (tertiary alicyclic amines) is 1. The van der Waals surface area contributed by atoms with E-state index in [0.717, 1.165) is 66.7 Å². The molecule has 1 saturated heterocycles. The van der Waals surface area contributed by atoms with E-state index in [2.05, 4.69) is 34.2 Å². The molecule has 2 heterocycles. The second-order valence-corrected chi connectivity index (χ2v) is 11.3. The van der Waals surface area contributed by atoms with Crippen LogP contribution in [-0.2, 0) is 22.6 Å². The number of carbonyl (C=O) groups excluding carboxylic acids is 1. The van der Waals surface area contributed by atoms with E-state index >= 15 is 0 Å². The van der Waals surface area contributed by atoms with E-state index in [4.69, 9.17) is 15.2 Å². The average Bonchev–Trinajstić information content (AvgIpc) is 2.99. The van der Waals surface area contributed by atoms with E-state index in [1.165, 1.54) is 7.11 Å². The second-order valence-electron chi connectivity index (χ2n) is 11.3. The predicted molar refractivity (Wildman–Crippen MR) is 166 cm³/mol.